The van der Waals surface area contributed by atoms with Gasteiger partial charge >= 0.3 is 0 Å². The second kappa shape index (κ2) is 5.35. The summed E-state index contributed by atoms with van der Waals surface area (Å²) in [6, 6.07) is -0.145. The van der Waals surface area contributed by atoms with Gasteiger partial charge in [0.25, 0.3) is 0 Å². The average Bonchev–Trinajstić information content (AvgIpc) is 3.05. The van der Waals surface area contributed by atoms with E-state index < -0.39 is 10.0 Å². The largest absolute Gasteiger partial charge is 0.394 e. The number of fused-ring (bicyclic) bond motifs is 2. The Morgan fingerprint density at radius 2 is 2.19 bits per heavy atom. The minimum atomic E-state index is -3.62. The molecule has 1 aromatic rings. The minimum absolute atomic E-state index is 0.00197. The minimum Gasteiger partial charge on any atom is -0.394 e. The van der Waals surface area contributed by atoms with Crippen LogP contribution in [0.5, 0.6) is 0 Å². The van der Waals surface area contributed by atoms with E-state index in [0.29, 0.717) is 17.9 Å². The quantitative estimate of drug-likeness (QED) is 0.803. The molecule has 0 aliphatic carbocycles. The van der Waals surface area contributed by atoms with E-state index in [0.717, 1.165) is 19.3 Å². The molecule has 0 amide bonds. The van der Waals surface area contributed by atoms with Gasteiger partial charge in [-0.3, -0.25) is 4.68 Å². The molecule has 3 heterocycles. The Bertz CT molecular complexity index is 640. The molecule has 0 spiro atoms. The SMILES string of the molecule is Cc1nn(CCO)c(C)c1S(=O)(=O)NC1CC2CCC1O2. The number of aliphatic hydroxyl groups excluding tert-OH is 1. The van der Waals surface area contributed by atoms with Gasteiger partial charge in [0.05, 0.1) is 42.8 Å². The number of rotatable bonds is 5. The van der Waals surface area contributed by atoms with Crippen LogP contribution >= 0.6 is 0 Å². The lowest BCUT2D eigenvalue weighted by Crippen LogP contribution is -2.41. The third-order valence-corrected chi connectivity index (χ3v) is 6.05. The van der Waals surface area contributed by atoms with Crippen molar-refractivity contribution in [2.75, 3.05) is 6.61 Å². The van der Waals surface area contributed by atoms with Crippen molar-refractivity contribution in [1.29, 1.82) is 0 Å². The van der Waals surface area contributed by atoms with Crippen LogP contribution < -0.4 is 4.72 Å². The third-order valence-electron chi connectivity index (χ3n) is 4.31. The molecule has 1 aromatic heterocycles. The van der Waals surface area contributed by atoms with Crippen LogP contribution in [0.4, 0.5) is 0 Å². The molecule has 2 saturated heterocycles. The van der Waals surface area contributed by atoms with Crippen LogP contribution in [-0.4, -0.2) is 48.2 Å². The zero-order valence-electron chi connectivity index (χ0n) is 12.2. The summed E-state index contributed by atoms with van der Waals surface area (Å²) in [6.07, 6.45) is 2.88. The summed E-state index contributed by atoms with van der Waals surface area (Å²) in [7, 11) is -3.62. The third kappa shape index (κ3) is 2.61. The van der Waals surface area contributed by atoms with Crippen molar-refractivity contribution in [3.63, 3.8) is 0 Å². The molecular formula is C13H21N3O4S. The maximum atomic E-state index is 12.6. The van der Waals surface area contributed by atoms with E-state index >= 15 is 0 Å². The number of aliphatic hydroxyl groups is 1. The monoisotopic (exact) mass is 315 g/mol. The molecule has 2 N–H and O–H groups in total. The van der Waals surface area contributed by atoms with Gasteiger partial charge in [0.1, 0.15) is 4.90 Å². The highest BCUT2D eigenvalue weighted by Crippen LogP contribution is 2.35. The van der Waals surface area contributed by atoms with Crippen LogP contribution in [0.25, 0.3) is 0 Å². The second-order valence-electron chi connectivity index (χ2n) is 5.78. The zero-order chi connectivity index (χ0) is 15.2. The molecule has 2 fully saturated rings. The van der Waals surface area contributed by atoms with Crippen molar-refractivity contribution in [3.8, 4) is 0 Å². The van der Waals surface area contributed by atoms with E-state index in [-0.39, 0.29) is 29.8 Å². The number of ether oxygens (including phenoxy) is 1. The lowest BCUT2D eigenvalue weighted by Gasteiger charge is -2.20. The first-order valence-corrected chi connectivity index (χ1v) is 8.73. The van der Waals surface area contributed by atoms with Gasteiger partial charge in [-0.2, -0.15) is 5.10 Å². The molecule has 3 atom stereocenters. The van der Waals surface area contributed by atoms with Crippen LogP contribution in [0.15, 0.2) is 4.90 Å². The van der Waals surface area contributed by atoms with E-state index in [9.17, 15) is 8.42 Å². The van der Waals surface area contributed by atoms with Crippen molar-refractivity contribution in [1.82, 2.24) is 14.5 Å². The molecule has 2 bridgehead atoms. The van der Waals surface area contributed by atoms with E-state index in [4.69, 9.17) is 9.84 Å². The summed E-state index contributed by atoms with van der Waals surface area (Å²) in [4.78, 5) is 0.221. The Morgan fingerprint density at radius 3 is 2.76 bits per heavy atom. The highest BCUT2D eigenvalue weighted by atomic mass is 32.2. The van der Waals surface area contributed by atoms with Gasteiger partial charge in [-0.25, -0.2) is 13.1 Å². The highest BCUT2D eigenvalue weighted by molar-refractivity contribution is 7.89. The molecule has 2 aliphatic heterocycles. The molecule has 0 saturated carbocycles. The summed E-state index contributed by atoms with van der Waals surface area (Å²) in [5.41, 5.74) is 1.01. The normalized spacial score (nSPS) is 28.4. The van der Waals surface area contributed by atoms with E-state index in [1.165, 1.54) is 4.68 Å². The maximum Gasteiger partial charge on any atom is 0.244 e. The van der Waals surface area contributed by atoms with Crippen LogP contribution in [-0.2, 0) is 21.3 Å². The van der Waals surface area contributed by atoms with Gasteiger partial charge in [0, 0.05) is 0 Å². The lowest BCUT2D eigenvalue weighted by atomic mass is 9.96. The van der Waals surface area contributed by atoms with E-state index in [1.807, 2.05) is 0 Å². The van der Waals surface area contributed by atoms with Gasteiger partial charge < -0.3 is 9.84 Å². The number of sulfonamides is 1. The first-order valence-electron chi connectivity index (χ1n) is 7.25. The van der Waals surface area contributed by atoms with Crippen LogP contribution in [0.1, 0.15) is 30.7 Å². The number of nitrogens with one attached hydrogen (secondary N) is 1. The van der Waals surface area contributed by atoms with Crippen LogP contribution in [0, 0.1) is 13.8 Å². The summed E-state index contributed by atoms with van der Waals surface area (Å²) >= 11 is 0. The van der Waals surface area contributed by atoms with Gasteiger partial charge in [0.15, 0.2) is 0 Å². The Hall–Kier alpha value is -0.960. The van der Waals surface area contributed by atoms with Crippen molar-refractivity contribution < 1.29 is 18.3 Å². The highest BCUT2D eigenvalue weighted by Gasteiger charge is 2.43. The summed E-state index contributed by atoms with van der Waals surface area (Å²) in [6.45, 7) is 3.60. The smallest absolute Gasteiger partial charge is 0.244 e. The van der Waals surface area contributed by atoms with Crippen molar-refractivity contribution in [3.05, 3.63) is 11.4 Å². The van der Waals surface area contributed by atoms with E-state index in [1.54, 1.807) is 13.8 Å². The zero-order valence-corrected chi connectivity index (χ0v) is 13.1. The fraction of sp³-hybridized carbons (Fsp3) is 0.769. The Balaban J connectivity index is 1.85. The van der Waals surface area contributed by atoms with Crippen LogP contribution in [0.3, 0.4) is 0 Å². The Morgan fingerprint density at radius 1 is 1.43 bits per heavy atom. The summed E-state index contributed by atoms with van der Waals surface area (Å²) < 4.78 is 35.3. The van der Waals surface area contributed by atoms with Crippen LogP contribution in [0.2, 0.25) is 0 Å². The molecule has 0 radical (unpaired) electrons. The predicted molar refractivity (Wildman–Crippen MR) is 75.4 cm³/mol. The molecule has 2 aliphatic rings. The van der Waals surface area contributed by atoms with E-state index in [2.05, 4.69) is 9.82 Å². The number of hydrogen-bond donors (Lipinski definition) is 2. The van der Waals surface area contributed by atoms with Crippen molar-refractivity contribution >= 4 is 10.0 Å². The number of nitrogens with zero attached hydrogens (tertiary/aromatic N) is 2. The number of aryl methyl sites for hydroxylation is 1. The predicted octanol–water partition coefficient (Wildman–Crippen LogP) is 0.0904. The molecule has 118 valence electrons. The maximum absolute atomic E-state index is 12.6. The first kappa shape index (κ1) is 15.0. The molecular weight excluding hydrogens is 294 g/mol. The molecule has 21 heavy (non-hydrogen) atoms. The lowest BCUT2D eigenvalue weighted by molar-refractivity contribution is 0.0996. The number of hydrogen-bond acceptors (Lipinski definition) is 5. The Kier molecular flexibility index (Phi) is 3.81. The summed E-state index contributed by atoms with van der Waals surface area (Å²) in [5.74, 6) is 0. The van der Waals surface area contributed by atoms with Gasteiger partial charge in [-0.15, -0.1) is 0 Å². The Labute approximate surface area is 124 Å². The fourth-order valence-corrected chi connectivity index (χ4v) is 5.09. The molecule has 3 rings (SSSR count). The van der Waals surface area contributed by atoms with Crippen molar-refractivity contribution in [2.45, 2.75) is 62.8 Å². The summed E-state index contributed by atoms with van der Waals surface area (Å²) in [5, 5.41) is 13.2. The standard InChI is InChI=1S/C13H21N3O4S/c1-8-13(9(2)16(14-8)5-6-17)21(18,19)15-11-7-10-3-4-12(11)20-10/h10-12,15,17H,3-7H2,1-2H3. The van der Waals surface area contributed by atoms with Crippen molar-refractivity contribution in [2.24, 2.45) is 0 Å². The average molecular weight is 315 g/mol. The topological polar surface area (TPSA) is 93.5 Å². The van der Waals surface area contributed by atoms with Gasteiger partial charge in [0.2, 0.25) is 10.0 Å². The van der Waals surface area contributed by atoms with Gasteiger partial charge in [-0.1, -0.05) is 0 Å². The molecule has 3 unspecified atom stereocenters. The second-order valence-corrected chi connectivity index (χ2v) is 7.43. The first-order chi connectivity index (χ1) is 9.92. The molecule has 7 nitrogen and oxygen atoms in total. The fourth-order valence-electron chi connectivity index (χ4n) is 3.40. The van der Waals surface area contributed by atoms with Gasteiger partial charge in [-0.05, 0) is 33.1 Å². The number of aromatic nitrogens is 2. The molecule has 8 heteroatoms. The molecule has 0 aromatic carbocycles.